The summed E-state index contributed by atoms with van der Waals surface area (Å²) >= 11 is 13.2. The molecule has 0 N–H and O–H groups in total. The Hall–Kier alpha value is -0.210. The standard InChI is InChI=1S/C11H9Cl2F3INO/c12-3-4-18(6-11(14,15)16)10(19)7-1-2-9(17)8(13)5-7/h1-2,5H,3-4,6H2. The van der Waals surface area contributed by atoms with Crippen molar-refractivity contribution in [2.24, 2.45) is 0 Å². The number of amides is 1. The molecule has 1 aromatic rings. The molecule has 0 unspecified atom stereocenters. The summed E-state index contributed by atoms with van der Waals surface area (Å²) in [4.78, 5) is 12.6. The van der Waals surface area contributed by atoms with Crippen molar-refractivity contribution in [3.63, 3.8) is 0 Å². The second kappa shape index (κ2) is 6.99. The minimum absolute atomic E-state index is 0.0695. The summed E-state index contributed by atoms with van der Waals surface area (Å²) in [6.45, 7) is -1.51. The molecule has 1 amide bonds. The second-order valence-corrected chi connectivity index (χ2v) is 5.61. The highest BCUT2D eigenvalue weighted by Gasteiger charge is 2.33. The van der Waals surface area contributed by atoms with E-state index < -0.39 is 18.6 Å². The molecule has 0 aliphatic rings. The summed E-state index contributed by atoms with van der Waals surface area (Å²) in [5, 5.41) is 0.323. The summed E-state index contributed by atoms with van der Waals surface area (Å²) in [5.41, 5.74) is 0.111. The van der Waals surface area contributed by atoms with Crippen molar-refractivity contribution < 1.29 is 18.0 Å². The molecule has 8 heteroatoms. The molecule has 19 heavy (non-hydrogen) atoms. The van der Waals surface area contributed by atoms with E-state index in [1.165, 1.54) is 12.1 Å². The van der Waals surface area contributed by atoms with Gasteiger partial charge in [0.1, 0.15) is 6.54 Å². The molecule has 0 radical (unpaired) electrons. The van der Waals surface area contributed by atoms with Crippen LogP contribution in [0, 0.1) is 3.57 Å². The van der Waals surface area contributed by atoms with Crippen LogP contribution >= 0.6 is 45.8 Å². The zero-order valence-corrected chi connectivity index (χ0v) is 13.1. The Morgan fingerprint density at radius 3 is 2.47 bits per heavy atom. The number of benzene rings is 1. The number of hydrogen-bond acceptors (Lipinski definition) is 1. The molecule has 0 aliphatic heterocycles. The van der Waals surface area contributed by atoms with E-state index in [2.05, 4.69) is 0 Å². The normalized spacial score (nSPS) is 11.5. The Balaban J connectivity index is 2.95. The van der Waals surface area contributed by atoms with Crippen LogP contribution in [0.2, 0.25) is 5.02 Å². The highest BCUT2D eigenvalue weighted by atomic mass is 127. The predicted octanol–water partition coefficient (Wildman–Crippen LogP) is 4.19. The molecule has 0 saturated carbocycles. The predicted molar refractivity (Wildman–Crippen MR) is 76.8 cm³/mol. The van der Waals surface area contributed by atoms with Crippen molar-refractivity contribution >= 4 is 51.7 Å². The first-order valence-corrected chi connectivity index (χ1v) is 7.11. The Kier molecular flexibility index (Phi) is 6.19. The molecule has 0 aliphatic carbocycles. The summed E-state index contributed by atoms with van der Waals surface area (Å²) < 4.78 is 37.9. The molecular weight excluding hydrogens is 417 g/mol. The van der Waals surface area contributed by atoms with Gasteiger partial charge < -0.3 is 4.90 Å². The van der Waals surface area contributed by atoms with Crippen LogP contribution in [0.25, 0.3) is 0 Å². The smallest absolute Gasteiger partial charge is 0.328 e. The Morgan fingerprint density at radius 2 is 2.00 bits per heavy atom. The molecular formula is C11H9Cl2F3INO. The van der Waals surface area contributed by atoms with Gasteiger partial charge in [0.2, 0.25) is 0 Å². The number of rotatable bonds is 4. The first-order valence-electron chi connectivity index (χ1n) is 5.11. The lowest BCUT2D eigenvalue weighted by molar-refractivity contribution is -0.140. The van der Waals surface area contributed by atoms with Crippen LogP contribution in [-0.4, -0.2) is 36.0 Å². The van der Waals surface area contributed by atoms with Gasteiger partial charge in [0.25, 0.3) is 5.91 Å². The minimum Gasteiger partial charge on any atom is -0.328 e. The van der Waals surface area contributed by atoms with E-state index >= 15 is 0 Å². The van der Waals surface area contributed by atoms with Crippen molar-refractivity contribution in [1.29, 1.82) is 0 Å². The van der Waals surface area contributed by atoms with E-state index in [1.807, 2.05) is 22.6 Å². The third kappa shape index (κ3) is 5.35. The number of nitrogens with zero attached hydrogens (tertiary/aromatic N) is 1. The van der Waals surface area contributed by atoms with Crippen molar-refractivity contribution in [2.45, 2.75) is 6.18 Å². The van der Waals surface area contributed by atoms with Gasteiger partial charge in [-0.3, -0.25) is 4.79 Å². The van der Waals surface area contributed by atoms with Crippen molar-refractivity contribution in [3.05, 3.63) is 32.4 Å². The van der Waals surface area contributed by atoms with Gasteiger partial charge in [0.15, 0.2) is 0 Å². The van der Waals surface area contributed by atoms with Gasteiger partial charge in [-0.05, 0) is 40.8 Å². The van der Waals surface area contributed by atoms with Crippen LogP contribution < -0.4 is 0 Å². The lowest BCUT2D eigenvalue weighted by Gasteiger charge is -2.23. The van der Waals surface area contributed by atoms with Crippen LogP contribution in [0.3, 0.4) is 0 Å². The van der Waals surface area contributed by atoms with Gasteiger partial charge in [-0.15, -0.1) is 11.6 Å². The zero-order chi connectivity index (χ0) is 14.6. The largest absolute Gasteiger partial charge is 0.406 e. The maximum absolute atomic E-state index is 12.4. The summed E-state index contributed by atoms with van der Waals surface area (Å²) in [6, 6.07) is 4.36. The molecule has 0 aromatic heterocycles. The monoisotopic (exact) mass is 425 g/mol. The third-order valence-electron chi connectivity index (χ3n) is 2.18. The quantitative estimate of drug-likeness (QED) is 0.523. The van der Waals surface area contributed by atoms with Crippen LogP contribution in [0.15, 0.2) is 18.2 Å². The average Bonchev–Trinajstić information content (AvgIpc) is 2.29. The van der Waals surface area contributed by atoms with Crippen molar-refractivity contribution in [1.82, 2.24) is 4.90 Å². The summed E-state index contributed by atoms with van der Waals surface area (Å²) in [5.74, 6) is -0.809. The van der Waals surface area contributed by atoms with E-state index in [0.717, 1.165) is 3.57 Å². The van der Waals surface area contributed by atoms with Gasteiger partial charge in [0.05, 0.1) is 5.02 Å². The first kappa shape index (κ1) is 16.8. The van der Waals surface area contributed by atoms with E-state index in [9.17, 15) is 18.0 Å². The molecule has 2 nitrogen and oxygen atoms in total. The summed E-state index contributed by atoms with van der Waals surface area (Å²) in [7, 11) is 0. The number of carbonyl (C=O) groups excluding carboxylic acids is 1. The maximum atomic E-state index is 12.4. The van der Waals surface area contributed by atoms with Crippen LogP contribution in [0.1, 0.15) is 10.4 Å². The fraction of sp³-hybridized carbons (Fsp3) is 0.364. The van der Waals surface area contributed by atoms with Gasteiger partial charge in [-0.1, -0.05) is 11.6 Å². The SMILES string of the molecule is O=C(c1ccc(I)c(Cl)c1)N(CCCl)CC(F)(F)F. The van der Waals surface area contributed by atoms with Crippen LogP contribution in [-0.2, 0) is 0 Å². The fourth-order valence-electron chi connectivity index (χ4n) is 1.38. The van der Waals surface area contributed by atoms with Gasteiger partial charge in [0, 0.05) is 21.6 Å². The average molecular weight is 426 g/mol. The maximum Gasteiger partial charge on any atom is 0.406 e. The first-order chi connectivity index (χ1) is 8.74. The Labute approximate surface area is 132 Å². The van der Waals surface area contributed by atoms with Crippen LogP contribution in [0.4, 0.5) is 13.2 Å². The highest BCUT2D eigenvalue weighted by molar-refractivity contribution is 14.1. The lowest BCUT2D eigenvalue weighted by Crippen LogP contribution is -2.40. The van der Waals surface area contributed by atoms with E-state index in [4.69, 9.17) is 23.2 Å². The molecule has 0 atom stereocenters. The minimum atomic E-state index is -4.46. The van der Waals surface area contributed by atoms with E-state index in [-0.39, 0.29) is 18.0 Å². The molecule has 106 valence electrons. The number of alkyl halides is 4. The van der Waals surface area contributed by atoms with Crippen molar-refractivity contribution in [2.75, 3.05) is 19.0 Å². The van der Waals surface area contributed by atoms with Gasteiger partial charge in [-0.25, -0.2) is 0 Å². The Bertz CT molecular complexity index is 468. The summed E-state index contributed by atoms with van der Waals surface area (Å²) in [6.07, 6.45) is -4.46. The second-order valence-electron chi connectivity index (χ2n) is 3.66. The topological polar surface area (TPSA) is 20.3 Å². The number of carbonyl (C=O) groups is 1. The molecule has 0 saturated heterocycles. The number of hydrogen-bond donors (Lipinski definition) is 0. The lowest BCUT2D eigenvalue weighted by atomic mass is 10.2. The third-order valence-corrected chi connectivity index (χ3v) is 3.92. The van der Waals surface area contributed by atoms with Gasteiger partial charge in [-0.2, -0.15) is 13.2 Å². The molecule has 1 aromatic carbocycles. The van der Waals surface area contributed by atoms with E-state index in [0.29, 0.717) is 9.92 Å². The van der Waals surface area contributed by atoms with Crippen molar-refractivity contribution in [3.8, 4) is 0 Å². The molecule has 0 fully saturated rings. The molecule has 1 rings (SSSR count). The van der Waals surface area contributed by atoms with E-state index in [1.54, 1.807) is 6.07 Å². The highest BCUT2D eigenvalue weighted by Crippen LogP contribution is 2.22. The Morgan fingerprint density at radius 1 is 1.37 bits per heavy atom. The fourth-order valence-corrected chi connectivity index (χ4v) is 2.10. The molecule has 0 heterocycles. The van der Waals surface area contributed by atoms with Crippen LogP contribution in [0.5, 0.6) is 0 Å². The molecule has 0 bridgehead atoms. The zero-order valence-electron chi connectivity index (χ0n) is 9.48. The van der Waals surface area contributed by atoms with Gasteiger partial charge >= 0.3 is 6.18 Å². The number of halogens is 6. The molecule has 0 spiro atoms.